The number of piperidine rings is 1. The molecule has 2 fully saturated rings. The number of likely N-dealkylation sites (tertiary alicyclic amines) is 1. The largest absolute Gasteiger partial charge is 0.381 e. The number of aryl methyl sites for hydroxylation is 1. The van der Waals surface area contributed by atoms with Crippen LogP contribution < -0.4 is 4.90 Å². The fourth-order valence-corrected chi connectivity index (χ4v) is 3.69. The van der Waals surface area contributed by atoms with E-state index in [9.17, 15) is 0 Å². The Balaban J connectivity index is 1.53. The van der Waals surface area contributed by atoms with Gasteiger partial charge in [0.1, 0.15) is 16.8 Å². The van der Waals surface area contributed by atoms with Crippen LogP contribution in [0.15, 0.2) is 6.07 Å². The molecule has 3 heterocycles. The molecular formula is C16H25ClN4O. The van der Waals surface area contributed by atoms with Crippen molar-refractivity contribution in [2.75, 3.05) is 44.8 Å². The third kappa shape index (κ3) is 3.89. The standard InChI is InChI=1S/C16H25ClN4O/c1-12-18-15(17)9-16(19-12)20(2)14-3-6-21(7-4-14)10-13-5-8-22-11-13/h9,13-14H,3-8,10-11H2,1-2H3/t13-/m1/s1. The second-order valence-corrected chi connectivity index (χ2v) is 6.86. The van der Waals surface area contributed by atoms with Crippen LogP contribution in [0.3, 0.4) is 0 Å². The highest BCUT2D eigenvalue weighted by atomic mass is 35.5. The van der Waals surface area contributed by atoms with Crippen molar-refractivity contribution in [3.05, 3.63) is 17.0 Å². The molecule has 6 heteroatoms. The van der Waals surface area contributed by atoms with Gasteiger partial charge >= 0.3 is 0 Å². The van der Waals surface area contributed by atoms with E-state index in [0.717, 1.165) is 43.9 Å². The van der Waals surface area contributed by atoms with Crippen LogP contribution in [0.4, 0.5) is 5.82 Å². The molecule has 1 atom stereocenters. The lowest BCUT2D eigenvalue weighted by Crippen LogP contribution is -2.45. The van der Waals surface area contributed by atoms with Gasteiger partial charge in [-0.3, -0.25) is 0 Å². The SMILES string of the molecule is Cc1nc(Cl)cc(N(C)C2CCN(C[C@H]3CCOC3)CC2)n1. The number of rotatable bonds is 4. The normalized spacial score (nSPS) is 23.9. The number of anilines is 1. The second kappa shape index (κ2) is 7.11. The lowest BCUT2D eigenvalue weighted by atomic mass is 10.0. The summed E-state index contributed by atoms with van der Waals surface area (Å²) in [5.74, 6) is 2.39. The predicted molar refractivity (Wildman–Crippen MR) is 88.6 cm³/mol. The topological polar surface area (TPSA) is 41.5 Å². The molecule has 0 N–H and O–H groups in total. The molecule has 0 radical (unpaired) electrons. The number of nitrogens with zero attached hydrogens (tertiary/aromatic N) is 4. The van der Waals surface area contributed by atoms with Crippen LogP contribution in [-0.4, -0.2) is 60.8 Å². The van der Waals surface area contributed by atoms with Gasteiger partial charge in [-0.05, 0) is 32.1 Å². The average Bonchev–Trinajstić information content (AvgIpc) is 2.99. The van der Waals surface area contributed by atoms with Crippen molar-refractivity contribution in [1.82, 2.24) is 14.9 Å². The molecule has 0 bridgehead atoms. The van der Waals surface area contributed by atoms with E-state index in [2.05, 4.69) is 26.8 Å². The molecule has 0 unspecified atom stereocenters. The van der Waals surface area contributed by atoms with Crippen LogP contribution in [0.2, 0.25) is 5.15 Å². The van der Waals surface area contributed by atoms with E-state index >= 15 is 0 Å². The first-order chi connectivity index (χ1) is 10.6. The van der Waals surface area contributed by atoms with Gasteiger partial charge in [0.05, 0.1) is 6.61 Å². The number of hydrogen-bond donors (Lipinski definition) is 0. The molecule has 0 amide bonds. The molecule has 1 aromatic rings. The van der Waals surface area contributed by atoms with Crippen molar-refractivity contribution >= 4 is 17.4 Å². The average molecular weight is 325 g/mol. The Kier molecular flexibility index (Phi) is 5.16. The van der Waals surface area contributed by atoms with Crippen molar-refractivity contribution in [2.45, 2.75) is 32.2 Å². The zero-order valence-corrected chi connectivity index (χ0v) is 14.2. The van der Waals surface area contributed by atoms with Crippen molar-refractivity contribution in [2.24, 2.45) is 5.92 Å². The maximum Gasteiger partial charge on any atom is 0.134 e. The van der Waals surface area contributed by atoms with Gasteiger partial charge in [0.25, 0.3) is 0 Å². The monoisotopic (exact) mass is 324 g/mol. The summed E-state index contributed by atoms with van der Waals surface area (Å²) in [5.41, 5.74) is 0. The third-order valence-corrected chi connectivity index (χ3v) is 4.99. The Morgan fingerprint density at radius 1 is 1.32 bits per heavy atom. The molecule has 22 heavy (non-hydrogen) atoms. The lowest BCUT2D eigenvalue weighted by Gasteiger charge is -2.38. The Morgan fingerprint density at radius 2 is 2.09 bits per heavy atom. The molecule has 2 aliphatic heterocycles. The quantitative estimate of drug-likeness (QED) is 0.795. The molecule has 5 nitrogen and oxygen atoms in total. The van der Waals surface area contributed by atoms with Crippen LogP contribution in [0, 0.1) is 12.8 Å². The molecule has 0 saturated carbocycles. The minimum atomic E-state index is 0.521. The van der Waals surface area contributed by atoms with Crippen molar-refractivity contribution in [3.63, 3.8) is 0 Å². The summed E-state index contributed by atoms with van der Waals surface area (Å²) >= 11 is 6.05. The third-order valence-electron chi connectivity index (χ3n) is 4.80. The molecule has 0 spiro atoms. The number of ether oxygens (including phenoxy) is 1. The molecule has 2 aliphatic rings. The summed E-state index contributed by atoms with van der Waals surface area (Å²) < 4.78 is 5.48. The molecular weight excluding hydrogens is 300 g/mol. The van der Waals surface area contributed by atoms with Crippen LogP contribution in [0.1, 0.15) is 25.1 Å². The number of halogens is 1. The van der Waals surface area contributed by atoms with Gasteiger partial charge in [-0.15, -0.1) is 0 Å². The zero-order chi connectivity index (χ0) is 15.5. The van der Waals surface area contributed by atoms with Crippen molar-refractivity contribution in [3.8, 4) is 0 Å². The summed E-state index contributed by atoms with van der Waals surface area (Å²) in [6, 6.07) is 2.39. The van der Waals surface area contributed by atoms with Gasteiger partial charge in [0.2, 0.25) is 0 Å². The first-order valence-corrected chi connectivity index (χ1v) is 8.54. The lowest BCUT2D eigenvalue weighted by molar-refractivity contribution is 0.152. The smallest absolute Gasteiger partial charge is 0.134 e. The maximum absolute atomic E-state index is 6.05. The summed E-state index contributed by atoms with van der Waals surface area (Å²) in [7, 11) is 2.11. The van der Waals surface area contributed by atoms with Crippen LogP contribution in [0.25, 0.3) is 0 Å². The van der Waals surface area contributed by atoms with Crippen LogP contribution >= 0.6 is 11.6 Å². The van der Waals surface area contributed by atoms with Gasteiger partial charge in [-0.25, -0.2) is 9.97 Å². The van der Waals surface area contributed by atoms with Gasteiger partial charge in [-0.2, -0.15) is 0 Å². The minimum absolute atomic E-state index is 0.521. The van der Waals surface area contributed by atoms with Gasteiger partial charge in [0.15, 0.2) is 0 Å². The highest BCUT2D eigenvalue weighted by Gasteiger charge is 2.26. The zero-order valence-electron chi connectivity index (χ0n) is 13.5. The molecule has 0 aromatic carbocycles. The Morgan fingerprint density at radius 3 is 2.73 bits per heavy atom. The molecule has 2 saturated heterocycles. The van der Waals surface area contributed by atoms with E-state index in [1.807, 2.05) is 13.0 Å². The van der Waals surface area contributed by atoms with Crippen molar-refractivity contribution in [1.29, 1.82) is 0 Å². The highest BCUT2D eigenvalue weighted by Crippen LogP contribution is 2.24. The first-order valence-electron chi connectivity index (χ1n) is 8.16. The van der Waals surface area contributed by atoms with E-state index < -0.39 is 0 Å². The summed E-state index contributed by atoms with van der Waals surface area (Å²) in [6.07, 6.45) is 3.56. The fraction of sp³-hybridized carbons (Fsp3) is 0.750. The van der Waals surface area contributed by atoms with Crippen LogP contribution in [-0.2, 0) is 4.74 Å². The van der Waals surface area contributed by atoms with E-state index in [4.69, 9.17) is 16.3 Å². The van der Waals surface area contributed by atoms with Crippen LogP contribution in [0.5, 0.6) is 0 Å². The number of aromatic nitrogens is 2. The summed E-state index contributed by atoms with van der Waals surface area (Å²) in [4.78, 5) is 13.5. The fourth-order valence-electron chi connectivity index (χ4n) is 3.47. The molecule has 0 aliphatic carbocycles. The van der Waals surface area contributed by atoms with Gasteiger partial charge in [-0.1, -0.05) is 11.6 Å². The second-order valence-electron chi connectivity index (χ2n) is 6.47. The molecule has 122 valence electrons. The van der Waals surface area contributed by atoms with E-state index in [1.54, 1.807) is 0 Å². The highest BCUT2D eigenvalue weighted by molar-refractivity contribution is 6.29. The van der Waals surface area contributed by atoms with E-state index in [1.165, 1.54) is 25.8 Å². The van der Waals surface area contributed by atoms with Gasteiger partial charge < -0.3 is 14.5 Å². The number of hydrogen-bond acceptors (Lipinski definition) is 5. The predicted octanol–water partition coefficient (Wildman–Crippen LogP) is 2.38. The molecule has 1 aromatic heterocycles. The maximum atomic E-state index is 6.05. The summed E-state index contributed by atoms with van der Waals surface area (Å²) in [6.45, 7) is 7.27. The Hall–Kier alpha value is -0.910. The molecule has 3 rings (SSSR count). The Bertz CT molecular complexity index is 479. The van der Waals surface area contributed by atoms with Gasteiger partial charge in [0, 0.05) is 45.4 Å². The summed E-state index contributed by atoms with van der Waals surface area (Å²) in [5, 5.41) is 0.521. The minimum Gasteiger partial charge on any atom is -0.381 e. The van der Waals surface area contributed by atoms with E-state index in [-0.39, 0.29) is 0 Å². The van der Waals surface area contributed by atoms with Crippen molar-refractivity contribution < 1.29 is 4.74 Å². The first kappa shape index (κ1) is 16.0. The Labute approximate surface area is 137 Å². The van der Waals surface area contributed by atoms with E-state index in [0.29, 0.717) is 11.2 Å².